The van der Waals surface area contributed by atoms with Gasteiger partial charge in [-0.25, -0.2) is 0 Å². The van der Waals surface area contributed by atoms with Crippen molar-refractivity contribution in [2.24, 2.45) is 0 Å². The van der Waals surface area contributed by atoms with Crippen molar-refractivity contribution in [2.75, 3.05) is 13.2 Å². The number of aromatic nitrogens is 2. The first-order valence-electron chi connectivity index (χ1n) is 5.62. The molecule has 5 nitrogen and oxygen atoms in total. The van der Waals surface area contributed by atoms with E-state index in [9.17, 15) is 0 Å². The van der Waals surface area contributed by atoms with Crippen LogP contribution in [0.5, 0.6) is 5.75 Å². The Balaban J connectivity index is 1.64. The average molecular weight is 312 g/mol. The highest BCUT2D eigenvalue weighted by Gasteiger charge is 2.00. The van der Waals surface area contributed by atoms with Crippen molar-refractivity contribution in [2.45, 2.75) is 13.5 Å². The number of benzene rings is 1. The molecule has 0 saturated heterocycles. The summed E-state index contributed by atoms with van der Waals surface area (Å²) in [5.41, 5.74) is 0. The fourth-order valence-electron chi connectivity index (χ4n) is 1.41. The summed E-state index contributed by atoms with van der Waals surface area (Å²) in [5.74, 6) is 2.09. The first-order chi connectivity index (χ1) is 8.74. The van der Waals surface area contributed by atoms with Crippen LogP contribution in [0, 0.1) is 6.92 Å². The maximum Gasteiger partial charge on any atom is 0.223 e. The lowest BCUT2D eigenvalue weighted by Gasteiger charge is -2.06. The van der Waals surface area contributed by atoms with Crippen LogP contribution in [0.4, 0.5) is 0 Å². The molecule has 0 atom stereocenters. The van der Waals surface area contributed by atoms with Gasteiger partial charge >= 0.3 is 0 Å². The van der Waals surface area contributed by atoms with Crippen LogP contribution in [0.25, 0.3) is 0 Å². The number of rotatable bonds is 6. The highest BCUT2D eigenvalue weighted by atomic mass is 79.9. The summed E-state index contributed by atoms with van der Waals surface area (Å²) >= 11 is 3.40. The number of hydrogen-bond acceptors (Lipinski definition) is 5. The molecule has 1 aromatic carbocycles. The molecule has 0 amide bonds. The van der Waals surface area contributed by atoms with E-state index in [0.29, 0.717) is 24.9 Å². The molecule has 96 valence electrons. The predicted molar refractivity (Wildman–Crippen MR) is 70.4 cm³/mol. The standard InChI is InChI=1S/C12H14BrN3O2/c1-9-15-12(16-18-9)8-14-5-6-17-11-4-2-3-10(13)7-11/h2-4,7,14H,5-6,8H2,1H3. The van der Waals surface area contributed by atoms with Gasteiger partial charge < -0.3 is 14.6 Å². The third-order valence-electron chi connectivity index (χ3n) is 2.20. The molecule has 2 aromatic rings. The largest absolute Gasteiger partial charge is 0.492 e. The Bertz CT molecular complexity index is 502. The second kappa shape index (κ2) is 6.51. The smallest absolute Gasteiger partial charge is 0.223 e. The highest BCUT2D eigenvalue weighted by Crippen LogP contribution is 2.17. The molecule has 0 fully saturated rings. The number of hydrogen-bond donors (Lipinski definition) is 1. The van der Waals surface area contributed by atoms with Gasteiger partial charge in [-0.3, -0.25) is 0 Å². The molecule has 1 heterocycles. The van der Waals surface area contributed by atoms with E-state index in [1.54, 1.807) is 6.92 Å². The molecule has 0 aliphatic carbocycles. The summed E-state index contributed by atoms with van der Waals surface area (Å²) in [6.45, 7) is 3.67. The lowest BCUT2D eigenvalue weighted by atomic mass is 10.3. The van der Waals surface area contributed by atoms with Gasteiger partial charge in [0.1, 0.15) is 12.4 Å². The molecule has 0 aliphatic heterocycles. The minimum Gasteiger partial charge on any atom is -0.492 e. The van der Waals surface area contributed by atoms with Gasteiger partial charge in [0.05, 0.1) is 6.54 Å². The Morgan fingerprint density at radius 3 is 3.06 bits per heavy atom. The number of halogens is 1. The van der Waals surface area contributed by atoms with Crippen LogP contribution in [-0.4, -0.2) is 23.3 Å². The molecule has 18 heavy (non-hydrogen) atoms. The quantitative estimate of drug-likeness (QED) is 0.830. The number of aryl methyl sites for hydroxylation is 1. The van der Waals surface area contributed by atoms with Crippen molar-refractivity contribution in [1.29, 1.82) is 0 Å². The Labute approximate surface area is 114 Å². The maximum atomic E-state index is 5.57. The summed E-state index contributed by atoms with van der Waals surface area (Å²) in [4.78, 5) is 4.09. The number of nitrogens with one attached hydrogen (secondary N) is 1. The fraction of sp³-hybridized carbons (Fsp3) is 0.333. The van der Waals surface area contributed by atoms with E-state index >= 15 is 0 Å². The van der Waals surface area contributed by atoms with Crippen molar-refractivity contribution in [3.05, 3.63) is 40.5 Å². The van der Waals surface area contributed by atoms with Gasteiger partial charge in [-0.2, -0.15) is 4.98 Å². The second-order valence-electron chi connectivity index (χ2n) is 3.71. The molecular formula is C12H14BrN3O2. The summed E-state index contributed by atoms with van der Waals surface area (Å²) in [7, 11) is 0. The van der Waals surface area contributed by atoms with Crippen LogP contribution in [0.3, 0.4) is 0 Å². The van der Waals surface area contributed by atoms with Crippen molar-refractivity contribution < 1.29 is 9.26 Å². The normalized spacial score (nSPS) is 10.6. The molecule has 6 heteroatoms. The van der Waals surface area contributed by atoms with Gasteiger partial charge in [0, 0.05) is 17.9 Å². The zero-order valence-corrected chi connectivity index (χ0v) is 11.6. The number of nitrogens with zero attached hydrogens (tertiary/aromatic N) is 2. The minimum atomic E-state index is 0.581. The molecule has 0 unspecified atom stereocenters. The molecule has 2 rings (SSSR count). The summed E-state index contributed by atoms with van der Waals surface area (Å²) in [5, 5.41) is 6.97. The lowest BCUT2D eigenvalue weighted by molar-refractivity contribution is 0.312. The molecule has 1 N–H and O–H groups in total. The van der Waals surface area contributed by atoms with E-state index in [1.165, 1.54) is 0 Å². The predicted octanol–water partition coefficient (Wildman–Crippen LogP) is 2.31. The van der Waals surface area contributed by atoms with E-state index in [1.807, 2.05) is 24.3 Å². The Kier molecular flexibility index (Phi) is 4.72. The Morgan fingerprint density at radius 1 is 1.44 bits per heavy atom. The van der Waals surface area contributed by atoms with Crippen molar-refractivity contribution in [3.8, 4) is 5.75 Å². The second-order valence-corrected chi connectivity index (χ2v) is 4.63. The van der Waals surface area contributed by atoms with Crippen molar-refractivity contribution in [1.82, 2.24) is 15.5 Å². The molecule has 0 spiro atoms. The van der Waals surface area contributed by atoms with Crippen LogP contribution in [0.15, 0.2) is 33.3 Å². The summed E-state index contributed by atoms with van der Waals surface area (Å²) < 4.78 is 11.4. The van der Waals surface area contributed by atoms with Gasteiger partial charge in [-0.1, -0.05) is 27.2 Å². The van der Waals surface area contributed by atoms with Crippen molar-refractivity contribution >= 4 is 15.9 Å². The summed E-state index contributed by atoms with van der Waals surface area (Å²) in [6, 6.07) is 7.76. The molecule has 0 aliphatic rings. The minimum absolute atomic E-state index is 0.581. The molecule has 1 aromatic heterocycles. The molecule has 0 saturated carbocycles. The van der Waals surface area contributed by atoms with Gasteiger partial charge in [0.2, 0.25) is 5.89 Å². The SMILES string of the molecule is Cc1nc(CNCCOc2cccc(Br)c2)no1. The van der Waals surface area contributed by atoms with Gasteiger partial charge in [0.15, 0.2) is 5.82 Å². The monoisotopic (exact) mass is 311 g/mol. The van der Waals surface area contributed by atoms with Crippen LogP contribution < -0.4 is 10.1 Å². The molecule has 0 radical (unpaired) electrons. The van der Waals surface area contributed by atoms with Gasteiger partial charge in [0.25, 0.3) is 0 Å². The van der Waals surface area contributed by atoms with E-state index in [4.69, 9.17) is 9.26 Å². The van der Waals surface area contributed by atoms with E-state index in [0.717, 1.165) is 16.8 Å². The van der Waals surface area contributed by atoms with Gasteiger partial charge in [-0.05, 0) is 18.2 Å². The zero-order valence-electron chi connectivity index (χ0n) is 10.0. The van der Waals surface area contributed by atoms with Crippen LogP contribution in [0.1, 0.15) is 11.7 Å². The zero-order chi connectivity index (χ0) is 12.8. The van der Waals surface area contributed by atoms with E-state index in [-0.39, 0.29) is 0 Å². The average Bonchev–Trinajstić information content (AvgIpc) is 2.75. The summed E-state index contributed by atoms with van der Waals surface area (Å²) in [6.07, 6.45) is 0. The van der Waals surface area contributed by atoms with Crippen LogP contribution >= 0.6 is 15.9 Å². The number of ether oxygens (including phenoxy) is 1. The first-order valence-corrected chi connectivity index (χ1v) is 6.41. The van der Waals surface area contributed by atoms with Crippen LogP contribution in [0.2, 0.25) is 0 Å². The third kappa shape index (κ3) is 4.12. The topological polar surface area (TPSA) is 60.2 Å². The first kappa shape index (κ1) is 13.0. The fourth-order valence-corrected chi connectivity index (χ4v) is 1.79. The third-order valence-corrected chi connectivity index (χ3v) is 2.69. The van der Waals surface area contributed by atoms with Crippen LogP contribution in [-0.2, 0) is 6.54 Å². The van der Waals surface area contributed by atoms with E-state index < -0.39 is 0 Å². The lowest BCUT2D eigenvalue weighted by Crippen LogP contribution is -2.21. The van der Waals surface area contributed by atoms with E-state index in [2.05, 4.69) is 31.4 Å². The van der Waals surface area contributed by atoms with Crippen molar-refractivity contribution in [3.63, 3.8) is 0 Å². The highest BCUT2D eigenvalue weighted by molar-refractivity contribution is 9.10. The maximum absolute atomic E-state index is 5.57. The molecular weight excluding hydrogens is 298 g/mol. The Hall–Kier alpha value is -1.40. The van der Waals surface area contributed by atoms with Gasteiger partial charge in [-0.15, -0.1) is 0 Å². The Morgan fingerprint density at radius 2 is 2.33 bits per heavy atom. The molecule has 0 bridgehead atoms.